The summed E-state index contributed by atoms with van der Waals surface area (Å²) in [6.45, 7) is 16.2. The van der Waals surface area contributed by atoms with Gasteiger partial charge in [0.05, 0.1) is 0 Å². The second kappa shape index (κ2) is 13.8. The number of hydrogen-bond donors (Lipinski definition) is 2. The number of carbonyl (C=O) groups excluding carboxylic acids is 3. The van der Waals surface area contributed by atoms with E-state index in [2.05, 4.69) is 23.6 Å². The van der Waals surface area contributed by atoms with Crippen molar-refractivity contribution in [2.24, 2.45) is 5.92 Å². The molecule has 2 atom stereocenters. The average molecular weight is 516 g/mol. The van der Waals surface area contributed by atoms with Crippen LogP contribution in [0.1, 0.15) is 109 Å². The Balaban J connectivity index is 2.47. The first-order valence-electron chi connectivity index (χ1n) is 14.0. The lowest BCUT2D eigenvalue weighted by Gasteiger charge is -2.44. The van der Waals surface area contributed by atoms with Crippen LogP contribution in [0.3, 0.4) is 0 Å². The van der Waals surface area contributed by atoms with E-state index in [1.54, 1.807) is 25.7 Å². The van der Waals surface area contributed by atoms with E-state index < -0.39 is 23.8 Å². The molecule has 0 saturated heterocycles. The summed E-state index contributed by atoms with van der Waals surface area (Å²) in [5.41, 5.74) is 2.23. The molecule has 0 aromatic heterocycles. The molecule has 3 amide bonds. The molecular formula is C30H49N3O4. The molecule has 0 radical (unpaired) electrons. The van der Waals surface area contributed by atoms with Crippen LogP contribution in [0.4, 0.5) is 4.79 Å². The standard InChI is InChI=1S/C30H49N3O4/c1-9-10-11-15-31-27(34)26(23-18-21(4)17-22(5)19-23)33(24-13-12-14-24)28(35)25(16-20(2)3)32-29(36)37-30(6,7)8/h17-20,24-26H,9-16H2,1-8H3,(H,31,34)(H,32,36). The predicted molar refractivity (Wildman–Crippen MR) is 148 cm³/mol. The molecule has 208 valence electrons. The summed E-state index contributed by atoms with van der Waals surface area (Å²) in [6, 6.07) is 4.49. The van der Waals surface area contributed by atoms with Crippen LogP contribution in [0.2, 0.25) is 0 Å². The maximum absolute atomic E-state index is 14.3. The summed E-state index contributed by atoms with van der Waals surface area (Å²) in [6.07, 6.45) is 5.54. The van der Waals surface area contributed by atoms with Crippen molar-refractivity contribution in [2.75, 3.05) is 6.54 Å². The normalized spacial score (nSPS) is 15.5. The van der Waals surface area contributed by atoms with E-state index in [9.17, 15) is 14.4 Å². The second-order valence-corrected chi connectivity index (χ2v) is 12.0. The van der Waals surface area contributed by atoms with Gasteiger partial charge in [0.2, 0.25) is 11.8 Å². The van der Waals surface area contributed by atoms with E-state index in [1.807, 2.05) is 39.8 Å². The van der Waals surface area contributed by atoms with Crippen LogP contribution in [0, 0.1) is 19.8 Å². The topological polar surface area (TPSA) is 87.7 Å². The van der Waals surface area contributed by atoms with E-state index in [-0.39, 0.29) is 23.8 Å². The monoisotopic (exact) mass is 515 g/mol. The molecule has 1 aromatic rings. The highest BCUT2D eigenvalue weighted by Gasteiger charge is 2.42. The van der Waals surface area contributed by atoms with Crippen LogP contribution in [0.25, 0.3) is 0 Å². The summed E-state index contributed by atoms with van der Waals surface area (Å²) in [4.78, 5) is 42.5. The Morgan fingerprint density at radius 3 is 2.16 bits per heavy atom. The number of aryl methyl sites for hydroxylation is 2. The van der Waals surface area contributed by atoms with Crippen LogP contribution < -0.4 is 10.6 Å². The van der Waals surface area contributed by atoms with Gasteiger partial charge < -0.3 is 20.3 Å². The summed E-state index contributed by atoms with van der Waals surface area (Å²) < 4.78 is 5.48. The number of ether oxygens (including phenoxy) is 1. The smallest absolute Gasteiger partial charge is 0.408 e. The second-order valence-electron chi connectivity index (χ2n) is 12.0. The summed E-state index contributed by atoms with van der Waals surface area (Å²) >= 11 is 0. The number of benzene rings is 1. The highest BCUT2D eigenvalue weighted by atomic mass is 16.6. The van der Waals surface area contributed by atoms with Gasteiger partial charge in [0.25, 0.3) is 0 Å². The van der Waals surface area contributed by atoms with Gasteiger partial charge in [-0.3, -0.25) is 9.59 Å². The first-order chi connectivity index (χ1) is 17.3. The molecule has 2 unspecified atom stereocenters. The maximum atomic E-state index is 14.3. The maximum Gasteiger partial charge on any atom is 0.408 e. The first kappa shape index (κ1) is 30.7. The Morgan fingerprint density at radius 2 is 1.68 bits per heavy atom. The van der Waals surface area contributed by atoms with Gasteiger partial charge in [-0.05, 0) is 78.2 Å². The minimum Gasteiger partial charge on any atom is -0.444 e. The number of alkyl carbamates (subject to hydrolysis) is 1. The molecule has 1 aromatic carbocycles. The quantitative estimate of drug-likeness (QED) is 0.336. The number of amides is 3. The van der Waals surface area contributed by atoms with Gasteiger partial charge >= 0.3 is 6.09 Å². The number of unbranched alkanes of at least 4 members (excludes halogenated alkanes) is 2. The Labute approximate surface area is 224 Å². The van der Waals surface area contributed by atoms with Gasteiger partial charge in [0.15, 0.2) is 0 Å². The van der Waals surface area contributed by atoms with Crippen LogP contribution in [-0.2, 0) is 14.3 Å². The molecule has 7 nitrogen and oxygen atoms in total. The lowest BCUT2D eigenvalue weighted by molar-refractivity contribution is -0.147. The number of nitrogens with zero attached hydrogens (tertiary/aromatic N) is 1. The third-order valence-electron chi connectivity index (χ3n) is 6.58. The van der Waals surface area contributed by atoms with Crippen molar-refractivity contribution in [3.05, 3.63) is 34.9 Å². The van der Waals surface area contributed by atoms with E-state index in [1.165, 1.54) is 0 Å². The van der Waals surface area contributed by atoms with Gasteiger partial charge in [-0.15, -0.1) is 0 Å². The summed E-state index contributed by atoms with van der Waals surface area (Å²) in [7, 11) is 0. The molecule has 1 aliphatic carbocycles. The fourth-order valence-corrected chi connectivity index (χ4v) is 4.79. The van der Waals surface area contributed by atoms with Crippen molar-refractivity contribution in [1.29, 1.82) is 0 Å². The predicted octanol–water partition coefficient (Wildman–Crippen LogP) is 5.97. The van der Waals surface area contributed by atoms with Gasteiger partial charge in [-0.1, -0.05) is 62.9 Å². The molecular weight excluding hydrogens is 466 g/mol. The molecule has 37 heavy (non-hydrogen) atoms. The third-order valence-corrected chi connectivity index (χ3v) is 6.58. The highest BCUT2D eigenvalue weighted by molar-refractivity contribution is 5.92. The zero-order valence-corrected chi connectivity index (χ0v) is 24.3. The molecule has 0 bridgehead atoms. The van der Waals surface area contributed by atoms with Gasteiger partial charge in [0, 0.05) is 12.6 Å². The fraction of sp³-hybridized carbons (Fsp3) is 0.700. The van der Waals surface area contributed by atoms with Crippen molar-refractivity contribution < 1.29 is 19.1 Å². The highest BCUT2D eigenvalue weighted by Crippen LogP contribution is 2.35. The van der Waals surface area contributed by atoms with Crippen molar-refractivity contribution in [3.8, 4) is 0 Å². The van der Waals surface area contributed by atoms with Crippen molar-refractivity contribution in [2.45, 2.75) is 124 Å². The van der Waals surface area contributed by atoms with Crippen molar-refractivity contribution in [3.63, 3.8) is 0 Å². The minimum absolute atomic E-state index is 0.0465. The molecule has 0 heterocycles. The zero-order chi connectivity index (χ0) is 27.8. The lowest BCUT2D eigenvalue weighted by Crippen LogP contribution is -2.57. The molecule has 1 saturated carbocycles. The van der Waals surface area contributed by atoms with E-state index >= 15 is 0 Å². The number of rotatable bonds is 12. The molecule has 0 spiro atoms. The molecule has 0 aliphatic heterocycles. The summed E-state index contributed by atoms with van der Waals surface area (Å²) in [5.74, 6) is -0.228. The molecule has 2 rings (SSSR count). The van der Waals surface area contributed by atoms with Crippen LogP contribution in [0.15, 0.2) is 18.2 Å². The SMILES string of the molecule is CCCCCNC(=O)C(c1cc(C)cc(C)c1)N(C(=O)C(CC(C)C)NC(=O)OC(C)(C)C)C1CCC1. The summed E-state index contributed by atoms with van der Waals surface area (Å²) in [5, 5.41) is 5.93. The van der Waals surface area contributed by atoms with E-state index in [0.717, 1.165) is 55.2 Å². The average Bonchev–Trinajstić information content (AvgIpc) is 2.71. The number of hydrogen-bond acceptors (Lipinski definition) is 4. The minimum atomic E-state index is -0.781. The molecule has 1 aliphatic rings. The van der Waals surface area contributed by atoms with Crippen molar-refractivity contribution >= 4 is 17.9 Å². The Bertz CT molecular complexity index is 898. The fourth-order valence-electron chi connectivity index (χ4n) is 4.79. The van der Waals surface area contributed by atoms with E-state index in [4.69, 9.17) is 4.74 Å². The zero-order valence-electron chi connectivity index (χ0n) is 24.3. The van der Waals surface area contributed by atoms with Crippen LogP contribution >= 0.6 is 0 Å². The van der Waals surface area contributed by atoms with Gasteiger partial charge in [-0.2, -0.15) is 0 Å². The van der Waals surface area contributed by atoms with Crippen LogP contribution in [-0.4, -0.2) is 47.0 Å². The lowest BCUT2D eigenvalue weighted by atomic mass is 9.87. The Hall–Kier alpha value is -2.57. The Kier molecular flexibility index (Phi) is 11.5. The first-order valence-corrected chi connectivity index (χ1v) is 14.0. The largest absolute Gasteiger partial charge is 0.444 e. The van der Waals surface area contributed by atoms with Gasteiger partial charge in [0.1, 0.15) is 17.7 Å². The Morgan fingerprint density at radius 1 is 1.05 bits per heavy atom. The third kappa shape index (κ3) is 9.67. The van der Waals surface area contributed by atoms with Crippen LogP contribution in [0.5, 0.6) is 0 Å². The number of nitrogens with one attached hydrogen (secondary N) is 2. The van der Waals surface area contributed by atoms with Gasteiger partial charge in [-0.25, -0.2) is 4.79 Å². The molecule has 1 fully saturated rings. The molecule has 2 N–H and O–H groups in total. The van der Waals surface area contributed by atoms with Crippen molar-refractivity contribution in [1.82, 2.24) is 15.5 Å². The molecule has 7 heteroatoms. The number of carbonyl (C=O) groups is 3. The van der Waals surface area contributed by atoms with E-state index in [0.29, 0.717) is 13.0 Å².